The standard InChI is InChI=1S/C34H33FN6O4/c1-33(2,3)21-9-19-13-39-41(31(43)29(19)27(35)12-21)28-8-6-7-22(26(28)17-42)18-10-23(25-15-37-30(36)24(25)11-18)20-14-38-40(16-20)34(4,5)32(44)45/h6-14,16,42H,15,17H2,1-5H3,(H2,36,37)(H,44,45). The van der Waals surface area contributed by atoms with Crippen LogP contribution in [0.25, 0.3) is 38.7 Å². The van der Waals surface area contributed by atoms with E-state index in [0.29, 0.717) is 51.3 Å². The average Bonchev–Trinajstić information content (AvgIpc) is 3.63. The number of fused-ring (bicyclic) bond motifs is 2. The average molecular weight is 609 g/mol. The Morgan fingerprint density at radius 1 is 1.00 bits per heavy atom. The number of benzene rings is 3. The summed E-state index contributed by atoms with van der Waals surface area (Å²) in [6.07, 6.45) is 4.73. The third-order valence-electron chi connectivity index (χ3n) is 8.48. The van der Waals surface area contributed by atoms with Crippen molar-refractivity contribution < 1.29 is 19.4 Å². The van der Waals surface area contributed by atoms with Crippen molar-refractivity contribution in [1.82, 2.24) is 19.6 Å². The number of nitrogens with zero attached hydrogens (tertiary/aromatic N) is 5. The largest absolute Gasteiger partial charge is 0.479 e. The van der Waals surface area contributed by atoms with Gasteiger partial charge in [-0.25, -0.2) is 9.18 Å². The van der Waals surface area contributed by atoms with Gasteiger partial charge < -0.3 is 15.9 Å². The van der Waals surface area contributed by atoms with Crippen LogP contribution in [0.1, 0.15) is 56.9 Å². The zero-order chi connectivity index (χ0) is 32.4. The first-order valence-corrected chi connectivity index (χ1v) is 14.4. The fourth-order valence-corrected chi connectivity index (χ4v) is 5.65. The lowest BCUT2D eigenvalue weighted by molar-refractivity contribution is -0.146. The van der Waals surface area contributed by atoms with Crippen molar-refractivity contribution in [2.24, 2.45) is 10.7 Å². The first-order valence-electron chi connectivity index (χ1n) is 14.4. The lowest BCUT2D eigenvalue weighted by Gasteiger charge is -2.20. The molecule has 3 aromatic carbocycles. The predicted molar refractivity (Wildman–Crippen MR) is 170 cm³/mol. The molecule has 230 valence electrons. The number of halogens is 1. The zero-order valence-electron chi connectivity index (χ0n) is 25.6. The molecule has 0 spiro atoms. The monoisotopic (exact) mass is 608 g/mol. The van der Waals surface area contributed by atoms with E-state index >= 15 is 4.39 Å². The molecule has 0 amide bonds. The van der Waals surface area contributed by atoms with Gasteiger partial charge in [-0.3, -0.25) is 14.5 Å². The van der Waals surface area contributed by atoms with E-state index in [1.807, 2.05) is 39.0 Å². The zero-order valence-corrected chi connectivity index (χ0v) is 25.6. The molecule has 6 rings (SSSR count). The molecule has 0 aliphatic carbocycles. The molecule has 10 nitrogen and oxygen atoms in total. The first-order chi connectivity index (χ1) is 21.2. The second-order valence-corrected chi connectivity index (χ2v) is 12.8. The van der Waals surface area contributed by atoms with Gasteiger partial charge in [-0.2, -0.15) is 14.9 Å². The summed E-state index contributed by atoms with van der Waals surface area (Å²) in [5.74, 6) is -1.31. The van der Waals surface area contributed by atoms with E-state index in [1.54, 1.807) is 44.4 Å². The highest BCUT2D eigenvalue weighted by atomic mass is 19.1. The van der Waals surface area contributed by atoms with Gasteiger partial charge in [0.05, 0.1) is 36.6 Å². The summed E-state index contributed by atoms with van der Waals surface area (Å²) < 4.78 is 17.9. The molecule has 0 saturated carbocycles. The van der Waals surface area contributed by atoms with Gasteiger partial charge in [-0.1, -0.05) is 32.9 Å². The second-order valence-electron chi connectivity index (χ2n) is 12.8. The maximum Gasteiger partial charge on any atom is 0.331 e. The van der Waals surface area contributed by atoms with Gasteiger partial charge in [0.2, 0.25) is 0 Å². The van der Waals surface area contributed by atoms with Crippen molar-refractivity contribution in [3.8, 4) is 27.9 Å². The van der Waals surface area contributed by atoms with Gasteiger partial charge in [-0.05, 0) is 77.4 Å². The third kappa shape index (κ3) is 4.89. The molecule has 0 fully saturated rings. The minimum Gasteiger partial charge on any atom is -0.479 e. The van der Waals surface area contributed by atoms with E-state index in [0.717, 1.165) is 21.4 Å². The maximum atomic E-state index is 15.4. The number of hydrogen-bond acceptors (Lipinski definition) is 7. The van der Waals surface area contributed by atoms with Gasteiger partial charge in [0.1, 0.15) is 11.7 Å². The molecule has 0 atom stereocenters. The lowest BCUT2D eigenvalue weighted by Crippen LogP contribution is -2.35. The number of aliphatic hydroxyl groups excluding tert-OH is 1. The number of aliphatic carboxylic acids is 1. The van der Waals surface area contributed by atoms with Crippen molar-refractivity contribution in [2.75, 3.05) is 0 Å². The van der Waals surface area contributed by atoms with Gasteiger partial charge in [0.15, 0.2) is 5.54 Å². The molecule has 0 saturated heterocycles. The Balaban J connectivity index is 1.53. The molecule has 1 aliphatic rings. The summed E-state index contributed by atoms with van der Waals surface area (Å²) in [7, 11) is 0. The molecular formula is C34H33FN6O4. The summed E-state index contributed by atoms with van der Waals surface area (Å²) in [5.41, 5.74) is 9.78. The summed E-state index contributed by atoms with van der Waals surface area (Å²) in [6.45, 7) is 8.92. The topological polar surface area (TPSA) is 149 Å². The number of carbonyl (C=O) groups is 1. The minimum atomic E-state index is -1.28. The second kappa shape index (κ2) is 10.5. The van der Waals surface area contributed by atoms with E-state index in [2.05, 4.69) is 15.2 Å². The van der Waals surface area contributed by atoms with E-state index in [4.69, 9.17) is 5.73 Å². The lowest BCUT2D eigenvalue weighted by atomic mass is 9.86. The summed E-state index contributed by atoms with van der Waals surface area (Å²) in [6, 6.07) is 12.1. The van der Waals surface area contributed by atoms with Crippen molar-refractivity contribution in [2.45, 2.75) is 58.7 Å². The number of carboxylic acid groups (broad SMARTS) is 1. The van der Waals surface area contributed by atoms with Gasteiger partial charge in [-0.15, -0.1) is 0 Å². The fraction of sp³-hybridized carbons (Fsp3) is 0.265. The number of rotatable bonds is 6. The number of aliphatic imine (C=N–C) groups is 1. The fourth-order valence-electron chi connectivity index (χ4n) is 5.65. The molecular weight excluding hydrogens is 575 g/mol. The number of carboxylic acids is 1. The van der Waals surface area contributed by atoms with Crippen LogP contribution in [-0.2, 0) is 28.9 Å². The van der Waals surface area contributed by atoms with Crippen molar-refractivity contribution >= 4 is 22.6 Å². The number of nitrogens with two attached hydrogens (primary N) is 1. The molecule has 0 bridgehead atoms. The number of hydrogen-bond donors (Lipinski definition) is 3. The van der Waals surface area contributed by atoms with E-state index in [-0.39, 0.29) is 10.8 Å². The quantitative estimate of drug-likeness (QED) is 0.249. The molecule has 0 unspecified atom stereocenters. The third-order valence-corrected chi connectivity index (χ3v) is 8.48. The minimum absolute atomic E-state index is 0.0857. The Kier molecular flexibility index (Phi) is 6.96. The normalized spacial score (nSPS) is 13.3. The van der Waals surface area contributed by atoms with Crippen LogP contribution in [0.5, 0.6) is 0 Å². The highest BCUT2D eigenvalue weighted by molar-refractivity contribution is 6.04. The first kappa shape index (κ1) is 29.9. The molecule has 45 heavy (non-hydrogen) atoms. The van der Waals surface area contributed by atoms with Crippen molar-refractivity contribution in [3.63, 3.8) is 0 Å². The van der Waals surface area contributed by atoms with Crippen molar-refractivity contribution in [1.29, 1.82) is 0 Å². The molecule has 5 aromatic rings. The SMILES string of the molecule is CC(C)(C)c1cc(F)c2c(=O)n(-c3cccc(-c4cc5c(c(-c6cnn(C(C)(C)C(=O)O)c6)c4)CN=C5N)c3CO)ncc2c1. The smallest absolute Gasteiger partial charge is 0.331 e. The summed E-state index contributed by atoms with van der Waals surface area (Å²) >= 11 is 0. The van der Waals surface area contributed by atoms with Crippen LogP contribution in [0.3, 0.4) is 0 Å². The summed E-state index contributed by atoms with van der Waals surface area (Å²) in [5, 5.41) is 29.4. The Bertz CT molecular complexity index is 2120. The van der Waals surface area contributed by atoms with Crippen LogP contribution in [0.15, 0.2) is 70.8 Å². The van der Waals surface area contributed by atoms with Gasteiger partial charge in [0.25, 0.3) is 5.56 Å². The Morgan fingerprint density at radius 2 is 1.73 bits per heavy atom. The van der Waals surface area contributed by atoms with E-state index in [9.17, 15) is 19.8 Å². The van der Waals surface area contributed by atoms with Crippen LogP contribution >= 0.6 is 0 Å². The number of aromatic nitrogens is 4. The molecule has 3 heterocycles. The van der Waals surface area contributed by atoms with Crippen LogP contribution in [0.2, 0.25) is 0 Å². The Labute approximate surface area is 258 Å². The van der Waals surface area contributed by atoms with Crippen LogP contribution in [0.4, 0.5) is 4.39 Å². The number of aliphatic hydroxyl groups is 1. The maximum absolute atomic E-state index is 15.4. The molecule has 11 heteroatoms. The van der Waals surface area contributed by atoms with Crippen molar-refractivity contribution in [3.05, 3.63) is 99.5 Å². The molecule has 2 aromatic heterocycles. The predicted octanol–water partition coefficient (Wildman–Crippen LogP) is 4.88. The van der Waals surface area contributed by atoms with Crippen LogP contribution in [0, 0.1) is 5.82 Å². The Morgan fingerprint density at radius 3 is 2.42 bits per heavy atom. The van der Waals surface area contributed by atoms with Gasteiger partial charge >= 0.3 is 5.97 Å². The summed E-state index contributed by atoms with van der Waals surface area (Å²) in [4.78, 5) is 30.0. The molecule has 1 aliphatic heterocycles. The van der Waals surface area contributed by atoms with Gasteiger partial charge in [0, 0.05) is 28.3 Å². The Hall–Kier alpha value is -5.16. The van der Waals surface area contributed by atoms with E-state index in [1.165, 1.54) is 16.9 Å². The number of amidine groups is 1. The molecule has 4 N–H and O–H groups in total. The van der Waals surface area contributed by atoms with E-state index < -0.39 is 29.5 Å². The highest BCUT2D eigenvalue weighted by Gasteiger charge is 2.31. The highest BCUT2D eigenvalue weighted by Crippen LogP contribution is 2.38. The van der Waals surface area contributed by atoms with Crippen LogP contribution in [-0.4, -0.2) is 41.6 Å². The molecule has 0 radical (unpaired) electrons. The van der Waals surface area contributed by atoms with Crippen LogP contribution < -0.4 is 11.3 Å².